The fourth-order valence-electron chi connectivity index (χ4n) is 2.82. The molecule has 8 nitrogen and oxygen atoms in total. The van der Waals surface area contributed by atoms with Crippen molar-refractivity contribution in [3.05, 3.63) is 17.5 Å². The van der Waals surface area contributed by atoms with Gasteiger partial charge in [0, 0.05) is 44.7 Å². The molecule has 2 aliphatic heterocycles. The minimum Gasteiger partial charge on any atom is -0.379 e. The summed E-state index contributed by atoms with van der Waals surface area (Å²) in [5.41, 5.74) is 0.300. The van der Waals surface area contributed by atoms with Crippen molar-refractivity contribution in [2.24, 2.45) is 0 Å². The van der Waals surface area contributed by atoms with Crippen LogP contribution in [0.3, 0.4) is 0 Å². The molecule has 8 heteroatoms. The summed E-state index contributed by atoms with van der Waals surface area (Å²) in [5.74, 6) is 0.457. The number of nitrogens with one attached hydrogen (secondary N) is 1. The van der Waals surface area contributed by atoms with E-state index in [4.69, 9.17) is 9.26 Å². The first-order valence-electron chi connectivity index (χ1n) is 7.97. The van der Waals surface area contributed by atoms with Gasteiger partial charge >= 0.3 is 0 Å². The van der Waals surface area contributed by atoms with Crippen LogP contribution in [0.1, 0.15) is 29.6 Å². The van der Waals surface area contributed by atoms with Gasteiger partial charge in [0.25, 0.3) is 5.91 Å². The maximum absolute atomic E-state index is 12.6. The number of morpholine rings is 1. The Labute approximate surface area is 134 Å². The number of hydrogen-bond acceptors (Lipinski definition) is 6. The molecule has 0 radical (unpaired) electrons. The van der Waals surface area contributed by atoms with Gasteiger partial charge in [-0.15, -0.1) is 0 Å². The highest BCUT2D eigenvalue weighted by atomic mass is 16.5. The molecule has 126 valence electrons. The quantitative estimate of drug-likeness (QED) is 0.833. The third-order valence-electron chi connectivity index (χ3n) is 4.23. The average molecular weight is 322 g/mol. The lowest BCUT2D eigenvalue weighted by atomic mass is 10.2. The second-order valence-electron chi connectivity index (χ2n) is 5.97. The number of carbonyl (C=O) groups excluding carboxylic acids is 2. The Morgan fingerprint density at radius 3 is 2.96 bits per heavy atom. The summed E-state index contributed by atoms with van der Waals surface area (Å²) < 4.78 is 10.6. The molecule has 1 atom stereocenters. The summed E-state index contributed by atoms with van der Waals surface area (Å²) in [4.78, 5) is 27.9. The monoisotopic (exact) mass is 322 g/mol. The molecule has 1 N–H and O–H groups in total. The van der Waals surface area contributed by atoms with Crippen molar-refractivity contribution in [3.8, 4) is 0 Å². The molecule has 0 bridgehead atoms. The maximum Gasteiger partial charge on any atom is 0.276 e. The first-order valence-corrected chi connectivity index (χ1v) is 7.97. The fourth-order valence-corrected chi connectivity index (χ4v) is 2.82. The smallest absolute Gasteiger partial charge is 0.276 e. The van der Waals surface area contributed by atoms with Gasteiger partial charge in [0.2, 0.25) is 5.91 Å². The highest BCUT2D eigenvalue weighted by Crippen LogP contribution is 2.14. The summed E-state index contributed by atoms with van der Waals surface area (Å²) in [6.45, 7) is 6.53. The molecule has 1 aromatic rings. The molecule has 1 aromatic heterocycles. The van der Waals surface area contributed by atoms with Crippen molar-refractivity contribution in [2.45, 2.75) is 25.9 Å². The first-order chi connectivity index (χ1) is 11.1. The van der Waals surface area contributed by atoms with E-state index in [1.165, 1.54) is 0 Å². The molecule has 2 amide bonds. The Morgan fingerprint density at radius 2 is 2.17 bits per heavy atom. The molecular weight excluding hydrogens is 300 g/mol. The minimum atomic E-state index is -0.189. The lowest BCUT2D eigenvalue weighted by Gasteiger charge is -2.25. The number of ether oxygens (including phenoxy) is 1. The van der Waals surface area contributed by atoms with E-state index in [-0.39, 0.29) is 17.9 Å². The van der Waals surface area contributed by atoms with Gasteiger partial charge in [0.15, 0.2) is 11.5 Å². The normalized spacial score (nSPS) is 23.4. The Hall–Kier alpha value is -1.93. The predicted octanol–water partition coefficient (Wildman–Crippen LogP) is -0.143. The van der Waals surface area contributed by atoms with Crippen molar-refractivity contribution >= 4 is 11.8 Å². The number of carbonyl (C=O) groups is 2. The molecule has 2 fully saturated rings. The summed E-state index contributed by atoms with van der Waals surface area (Å²) in [5, 5.41) is 6.71. The predicted molar refractivity (Wildman–Crippen MR) is 80.7 cm³/mol. The van der Waals surface area contributed by atoms with E-state index >= 15 is 0 Å². The van der Waals surface area contributed by atoms with Crippen molar-refractivity contribution in [3.63, 3.8) is 0 Å². The Morgan fingerprint density at radius 1 is 1.39 bits per heavy atom. The average Bonchev–Trinajstić information content (AvgIpc) is 2.95. The van der Waals surface area contributed by atoms with Crippen LogP contribution in [0.15, 0.2) is 10.6 Å². The zero-order chi connectivity index (χ0) is 16.2. The Balaban J connectivity index is 1.64. The molecule has 0 spiro atoms. The van der Waals surface area contributed by atoms with E-state index in [1.807, 2.05) is 6.92 Å². The number of aromatic nitrogens is 1. The van der Waals surface area contributed by atoms with Crippen LogP contribution in [-0.2, 0) is 16.1 Å². The fraction of sp³-hybridized carbons (Fsp3) is 0.667. The third kappa shape index (κ3) is 3.89. The van der Waals surface area contributed by atoms with Crippen LogP contribution in [0.5, 0.6) is 0 Å². The molecule has 1 unspecified atom stereocenters. The van der Waals surface area contributed by atoms with Gasteiger partial charge in [-0.3, -0.25) is 14.5 Å². The van der Waals surface area contributed by atoms with Crippen molar-refractivity contribution in [1.82, 2.24) is 20.3 Å². The summed E-state index contributed by atoms with van der Waals surface area (Å²) >= 11 is 0. The van der Waals surface area contributed by atoms with Crippen LogP contribution in [0.25, 0.3) is 0 Å². The van der Waals surface area contributed by atoms with E-state index < -0.39 is 0 Å². The summed E-state index contributed by atoms with van der Waals surface area (Å²) in [6.07, 6.45) is 0.314. The van der Waals surface area contributed by atoms with Gasteiger partial charge in [-0.05, 0) is 6.92 Å². The molecular formula is C15H22N4O4. The zero-order valence-electron chi connectivity index (χ0n) is 13.3. The molecule has 0 aliphatic carbocycles. The molecule has 3 heterocycles. The van der Waals surface area contributed by atoms with Gasteiger partial charge in [0.05, 0.1) is 19.8 Å². The SMILES string of the molecule is CC1CNC(=O)CCN1C(=O)c1cc(CN2CCOCC2)on1. The number of amides is 2. The van der Waals surface area contributed by atoms with Crippen molar-refractivity contribution in [1.29, 1.82) is 0 Å². The van der Waals surface area contributed by atoms with Crippen LogP contribution in [-0.4, -0.2) is 72.2 Å². The van der Waals surface area contributed by atoms with Gasteiger partial charge in [0.1, 0.15) is 0 Å². The van der Waals surface area contributed by atoms with Crippen molar-refractivity contribution in [2.75, 3.05) is 39.4 Å². The van der Waals surface area contributed by atoms with Crippen LogP contribution >= 0.6 is 0 Å². The summed E-state index contributed by atoms with van der Waals surface area (Å²) in [6, 6.07) is 1.64. The Bertz CT molecular complexity index is 568. The topological polar surface area (TPSA) is 87.9 Å². The van der Waals surface area contributed by atoms with E-state index in [9.17, 15) is 9.59 Å². The van der Waals surface area contributed by atoms with Crippen LogP contribution in [0.4, 0.5) is 0 Å². The van der Waals surface area contributed by atoms with E-state index in [0.29, 0.717) is 50.7 Å². The number of rotatable bonds is 3. The van der Waals surface area contributed by atoms with Crippen molar-refractivity contribution < 1.29 is 18.8 Å². The second-order valence-corrected chi connectivity index (χ2v) is 5.97. The Kier molecular flexibility index (Phi) is 4.92. The van der Waals surface area contributed by atoms with Crippen LogP contribution in [0.2, 0.25) is 0 Å². The molecule has 0 aromatic carbocycles. The van der Waals surface area contributed by atoms with Gasteiger partial charge < -0.3 is 19.5 Å². The summed E-state index contributed by atoms with van der Waals surface area (Å²) in [7, 11) is 0. The van der Waals surface area contributed by atoms with E-state index in [0.717, 1.165) is 13.1 Å². The van der Waals surface area contributed by atoms with Gasteiger partial charge in [-0.25, -0.2) is 0 Å². The molecule has 2 saturated heterocycles. The largest absolute Gasteiger partial charge is 0.379 e. The standard InChI is InChI=1S/C15H22N4O4/c1-11-9-16-14(20)2-3-19(11)15(21)13-8-12(23-17-13)10-18-4-6-22-7-5-18/h8,11H,2-7,9-10H2,1H3,(H,16,20). The van der Waals surface area contributed by atoms with E-state index in [1.54, 1.807) is 11.0 Å². The lowest BCUT2D eigenvalue weighted by Crippen LogP contribution is -2.41. The van der Waals surface area contributed by atoms with Crippen LogP contribution < -0.4 is 5.32 Å². The highest BCUT2D eigenvalue weighted by Gasteiger charge is 2.27. The van der Waals surface area contributed by atoms with Gasteiger partial charge in [-0.2, -0.15) is 0 Å². The minimum absolute atomic E-state index is 0.0275. The van der Waals surface area contributed by atoms with Crippen LogP contribution in [0, 0.1) is 0 Å². The third-order valence-corrected chi connectivity index (χ3v) is 4.23. The molecule has 2 aliphatic rings. The zero-order valence-corrected chi connectivity index (χ0v) is 13.3. The lowest BCUT2D eigenvalue weighted by molar-refractivity contribution is -0.120. The van der Waals surface area contributed by atoms with Gasteiger partial charge in [-0.1, -0.05) is 5.16 Å². The first kappa shape index (κ1) is 15.9. The second kappa shape index (κ2) is 7.10. The molecule has 3 rings (SSSR count). The number of nitrogens with zero attached hydrogens (tertiary/aromatic N) is 3. The molecule has 23 heavy (non-hydrogen) atoms. The molecule has 0 saturated carbocycles. The number of hydrogen-bond donors (Lipinski definition) is 1. The maximum atomic E-state index is 12.6. The van der Waals surface area contributed by atoms with E-state index in [2.05, 4.69) is 15.4 Å². The highest BCUT2D eigenvalue weighted by molar-refractivity contribution is 5.93.